The fourth-order valence-corrected chi connectivity index (χ4v) is 7.33. The summed E-state index contributed by atoms with van der Waals surface area (Å²) >= 11 is 14.4. The minimum Gasteiger partial charge on any atom is -0.309 e. The molecule has 0 unspecified atom stereocenters. The Labute approximate surface area is 286 Å². The zero-order chi connectivity index (χ0) is 31.3. The summed E-state index contributed by atoms with van der Waals surface area (Å²) in [6.07, 6.45) is 0. The molecule has 7 aromatic rings. The highest BCUT2D eigenvalue weighted by molar-refractivity contribution is 9.13. The van der Waals surface area contributed by atoms with Crippen molar-refractivity contribution in [2.24, 2.45) is 0 Å². The Morgan fingerprint density at radius 2 is 1.27 bits per heavy atom. The second-order valence-corrected chi connectivity index (χ2v) is 14.4. The van der Waals surface area contributed by atoms with Crippen LogP contribution >= 0.6 is 43.5 Å². The van der Waals surface area contributed by atoms with Crippen LogP contribution in [0.25, 0.3) is 38.6 Å². The van der Waals surface area contributed by atoms with E-state index in [0.717, 1.165) is 42.8 Å². The third-order valence-electron chi connectivity index (χ3n) is 8.33. The Morgan fingerprint density at radius 3 is 1.93 bits per heavy atom. The normalized spacial score (nSPS) is 11.8. The number of hydrogen-bond donors (Lipinski definition) is 0. The van der Waals surface area contributed by atoms with Crippen LogP contribution in [0.4, 0.5) is 17.1 Å². The molecule has 0 N–H and O–H groups in total. The molecule has 0 fully saturated rings. The lowest BCUT2D eigenvalue weighted by Crippen LogP contribution is -2.15. The fraction of sp³-hybridized carbons (Fsp3) is 0.100. The van der Waals surface area contributed by atoms with E-state index in [4.69, 9.17) is 11.6 Å². The molecule has 0 aliphatic carbocycles. The highest BCUT2D eigenvalue weighted by atomic mass is 79.9. The minimum absolute atomic E-state index is 0.0109. The van der Waals surface area contributed by atoms with Gasteiger partial charge in [0.2, 0.25) is 0 Å². The Balaban J connectivity index is 1.52. The van der Waals surface area contributed by atoms with Crippen LogP contribution in [0.15, 0.2) is 142 Å². The summed E-state index contributed by atoms with van der Waals surface area (Å²) in [6.45, 7) is 6.78. The summed E-state index contributed by atoms with van der Waals surface area (Å²) in [5, 5.41) is 3.12. The smallest absolute Gasteiger partial charge is 0.0630 e. The summed E-state index contributed by atoms with van der Waals surface area (Å²) in [5.41, 5.74) is 10.0. The lowest BCUT2D eigenvalue weighted by molar-refractivity contribution is 0.590. The van der Waals surface area contributed by atoms with Crippen molar-refractivity contribution in [2.75, 3.05) is 4.90 Å². The van der Waals surface area contributed by atoms with Crippen molar-refractivity contribution >= 4 is 82.3 Å². The number of hydrogen-bond acceptors (Lipinski definition) is 1. The fourth-order valence-electron chi connectivity index (χ4n) is 6.13. The first-order valence-corrected chi connectivity index (χ1v) is 16.9. The first kappa shape index (κ1) is 29.9. The van der Waals surface area contributed by atoms with E-state index < -0.39 is 0 Å². The van der Waals surface area contributed by atoms with Crippen molar-refractivity contribution in [3.8, 4) is 16.8 Å². The molecule has 0 aliphatic rings. The first-order valence-electron chi connectivity index (χ1n) is 14.9. The van der Waals surface area contributed by atoms with Crippen molar-refractivity contribution in [1.82, 2.24) is 4.57 Å². The van der Waals surface area contributed by atoms with Crippen LogP contribution in [0.3, 0.4) is 0 Å². The Morgan fingerprint density at radius 1 is 0.622 bits per heavy atom. The number of nitrogens with zero attached hydrogens (tertiary/aromatic N) is 2. The molecule has 0 spiro atoms. The third kappa shape index (κ3) is 5.50. The van der Waals surface area contributed by atoms with Crippen LogP contribution in [0.5, 0.6) is 0 Å². The maximum Gasteiger partial charge on any atom is 0.0630 e. The predicted octanol–water partition coefficient (Wildman–Crippen LogP) is 13.4. The standard InChI is InChI=1S/C40H31Br2ClN2/c1-40(2,3)27-20-21-37(33(22-27)26-12-5-4-6-13-26)45(38-24-28(43)23-34(41)39(38)42)30-15-11-14-29(25-30)44-35-18-9-7-16-31(35)32-17-8-10-19-36(32)44/h4-25H,1-3H3. The summed E-state index contributed by atoms with van der Waals surface area (Å²) < 4.78 is 4.17. The molecule has 0 bridgehead atoms. The van der Waals surface area contributed by atoms with Crippen LogP contribution in [-0.4, -0.2) is 4.57 Å². The Hall–Kier alpha value is -3.83. The minimum atomic E-state index is -0.0109. The van der Waals surface area contributed by atoms with Gasteiger partial charge in [-0.2, -0.15) is 0 Å². The zero-order valence-corrected chi connectivity index (χ0v) is 29.2. The quantitative estimate of drug-likeness (QED) is 0.160. The van der Waals surface area contributed by atoms with Crippen LogP contribution in [0, 0.1) is 0 Å². The van der Waals surface area contributed by atoms with E-state index in [-0.39, 0.29) is 5.41 Å². The first-order chi connectivity index (χ1) is 21.7. The van der Waals surface area contributed by atoms with Crippen molar-refractivity contribution in [1.29, 1.82) is 0 Å². The molecule has 5 heteroatoms. The molecular weight excluding hydrogens is 704 g/mol. The van der Waals surface area contributed by atoms with Crippen molar-refractivity contribution < 1.29 is 0 Å². The number of aromatic nitrogens is 1. The maximum atomic E-state index is 6.74. The van der Waals surface area contributed by atoms with E-state index in [2.05, 4.69) is 183 Å². The molecule has 1 heterocycles. The molecule has 45 heavy (non-hydrogen) atoms. The average Bonchev–Trinajstić information content (AvgIpc) is 3.38. The molecule has 2 nitrogen and oxygen atoms in total. The Bertz CT molecular complexity index is 2140. The number of fused-ring (bicyclic) bond motifs is 3. The van der Waals surface area contributed by atoms with Gasteiger partial charge in [-0.05, 0) is 103 Å². The predicted molar refractivity (Wildman–Crippen MR) is 200 cm³/mol. The number of halogens is 3. The van der Waals surface area contributed by atoms with Gasteiger partial charge in [0.25, 0.3) is 0 Å². The average molecular weight is 735 g/mol. The van der Waals surface area contributed by atoms with E-state index in [1.807, 2.05) is 12.1 Å². The molecule has 0 radical (unpaired) electrons. The van der Waals surface area contributed by atoms with Gasteiger partial charge in [-0.3, -0.25) is 0 Å². The van der Waals surface area contributed by atoms with Gasteiger partial charge in [0, 0.05) is 37.2 Å². The molecule has 0 saturated carbocycles. The molecule has 0 amide bonds. The van der Waals surface area contributed by atoms with E-state index >= 15 is 0 Å². The zero-order valence-electron chi connectivity index (χ0n) is 25.2. The molecule has 6 aromatic carbocycles. The summed E-state index contributed by atoms with van der Waals surface area (Å²) in [6, 6.07) is 47.4. The number of benzene rings is 6. The highest BCUT2D eigenvalue weighted by Gasteiger charge is 2.24. The molecule has 0 saturated heterocycles. The molecule has 0 atom stereocenters. The topological polar surface area (TPSA) is 8.17 Å². The molecule has 7 rings (SSSR count). The van der Waals surface area contributed by atoms with E-state index in [9.17, 15) is 0 Å². The number of anilines is 3. The number of rotatable bonds is 5. The van der Waals surface area contributed by atoms with Gasteiger partial charge >= 0.3 is 0 Å². The van der Waals surface area contributed by atoms with Gasteiger partial charge in [-0.25, -0.2) is 0 Å². The lowest BCUT2D eigenvalue weighted by atomic mass is 9.84. The van der Waals surface area contributed by atoms with Gasteiger partial charge in [-0.15, -0.1) is 0 Å². The van der Waals surface area contributed by atoms with Crippen molar-refractivity contribution in [2.45, 2.75) is 26.2 Å². The van der Waals surface area contributed by atoms with E-state index in [1.54, 1.807) is 0 Å². The molecule has 222 valence electrons. The van der Waals surface area contributed by atoms with Crippen LogP contribution in [-0.2, 0) is 5.41 Å². The molecule has 0 aliphatic heterocycles. The SMILES string of the molecule is CC(C)(C)c1ccc(N(c2cccc(-n3c4ccccc4c4ccccc43)c2)c2cc(Cl)cc(Br)c2Br)c(-c2ccccc2)c1. The van der Waals surface area contributed by atoms with Crippen LogP contribution in [0.2, 0.25) is 5.02 Å². The van der Waals surface area contributed by atoms with E-state index in [0.29, 0.717) is 5.02 Å². The van der Waals surface area contributed by atoms with Gasteiger partial charge in [0.1, 0.15) is 0 Å². The highest BCUT2D eigenvalue weighted by Crippen LogP contribution is 2.48. The van der Waals surface area contributed by atoms with Gasteiger partial charge in [-0.1, -0.05) is 111 Å². The monoisotopic (exact) mass is 732 g/mol. The summed E-state index contributed by atoms with van der Waals surface area (Å²) in [4.78, 5) is 2.31. The lowest BCUT2D eigenvalue weighted by Gasteiger charge is -2.31. The van der Waals surface area contributed by atoms with Crippen LogP contribution < -0.4 is 4.90 Å². The van der Waals surface area contributed by atoms with Gasteiger partial charge in [0.15, 0.2) is 0 Å². The van der Waals surface area contributed by atoms with E-state index in [1.165, 1.54) is 27.4 Å². The largest absolute Gasteiger partial charge is 0.309 e. The number of para-hydroxylation sites is 2. The second-order valence-electron chi connectivity index (χ2n) is 12.3. The van der Waals surface area contributed by atoms with Gasteiger partial charge in [0.05, 0.1) is 26.9 Å². The second kappa shape index (κ2) is 11.8. The van der Waals surface area contributed by atoms with Crippen molar-refractivity contribution in [3.05, 3.63) is 153 Å². The van der Waals surface area contributed by atoms with Crippen molar-refractivity contribution in [3.63, 3.8) is 0 Å². The third-order valence-corrected chi connectivity index (χ3v) is 10.5. The Kier molecular flexibility index (Phi) is 7.85. The summed E-state index contributed by atoms with van der Waals surface area (Å²) in [7, 11) is 0. The summed E-state index contributed by atoms with van der Waals surface area (Å²) in [5.74, 6) is 0. The van der Waals surface area contributed by atoms with Crippen LogP contribution in [0.1, 0.15) is 26.3 Å². The molecular formula is C40H31Br2ClN2. The molecule has 1 aromatic heterocycles. The van der Waals surface area contributed by atoms with Gasteiger partial charge < -0.3 is 9.47 Å². The maximum absolute atomic E-state index is 6.74.